The van der Waals surface area contributed by atoms with E-state index in [1.54, 1.807) is 7.11 Å². The molecule has 1 aromatic rings. The Bertz CT molecular complexity index is 410. The number of methoxy groups -OCH3 is 1. The van der Waals surface area contributed by atoms with Gasteiger partial charge in [0.1, 0.15) is 5.82 Å². The third kappa shape index (κ3) is 2.84. The molecule has 2 fully saturated rings. The van der Waals surface area contributed by atoms with E-state index in [1.165, 1.54) is 38.8 Å². The fourth-order valence-electron chi connectivity index (χ4n) is 3.28. The summed E-state index contributed by atoms with van der Waals surface area (Å²) in [5.41, 5.74) is 0. The largest absolute Gasteiger partial charge is 0.481 e. The Morgan fingerprint density at radius 2 is 1.84 bits per heavy atom. The van der Waals surface area contributed by atoms with Gasteiger partial charge in [-0.2, -0.15) is 4.98 Å². The molecular weight excluding hydrogens is 238 g/mol. The van der Waals surface area contributed by atoms with Crippen molar-refractivity contribution < 1.29 is 4.74 Å². The zero-order valence-corrected chi connectivity index (χ0v) is 11.7. The van der Waals surface area contributed by atoms with E-state index in [9.17, 15) is 0 Å². The molecule has 0 amide bonds. The van der Waals surface area contributed by atoms with Gasteiger partial charge in [0.05, 0.1) is 7.11 Å². The number of hydrogen-bond acceptors (Lipinski definition) is 4. The molecular formula is C15H23N3O. The molecule has 0 aromatic carbocycles. The van der Waals surface area contributed by atoms with Crippen molar-refractivity contribution >= 4 is 5.82 Å². The van der Waals surface area contributed by atoms with E-state index in [1.807, 2.05) is 12.1 Å². The van der Waals surface area contributed by atoms with Crippen LogP contribution in [0.3, 0.4) is 0 Å². The Morgan fingerprint density at radius 1 is 1.11 bits per heavy atom. The molecule has 0 N–H and O–H groups in total. The molecule has 104 valence electrons. The lowest BCUT2D eigenvalue weighted by Gasteiger charge is -2.38. The minimum absolute atomic E-state index is 0.704. The second kappa shape index (κ2) is 5.78. The van der Waals surface area contributed by atoms with Gasteiger partial charge in [-0.1, -0.05) is 18.9 Å². The molecule has 3 rings (SSSR count). The summed E-state index contributed by atoms with van der Waals surface area (Å²) in [6, 6.07) is 6.84. The van der Waals surface area contributed by atoms with Crippen molar-refractivity contribution in [3.63, 3.8) is 0 Å². The lowest BCUT2D eigenvalue weighted by Crippen LogP contribution is -2.49. The predicted octanol–water partition coefficient (Wildman–Crippen LogP) is 2.15. The molecule has 1 aliphatic heterocycles. The summed E-state index contributed by atoms with van der Waals surface area (Å²) < 4.78 is 5.20. The highest BCUT2D eigenvalue weighted by Gasteiger charge is 2.26. The number of rotatable bonds is 3. The van der Waals surface area contributed by atoms with E-state index in [0.717, 1.165) is 24.9 Å². The lowest BCUT2D eigenvalue weighted by molar-refractivity contribution is 0.187. The van der Waals surface area contributed by atoms with Crippen LogP contribution in [0.5, 0.6) is 5.88 Å². The number of ether oxygens (including phenoxy) is 1. The van der Waals surface area contributed by atoms with Gasteiger partial charge < -0.3 is 9.64 Å². The zero-order chi connectivity index (χ0) is 13.1. The first-order valence-electron chi connectivity index (χ1n) is 7.37. The van der Waals surface area contributed by atoms with Crippen LogP contribution >= 0.6 is 0 Å². The summed E-state index contributed by atoms with van der Waals surface area (Å²) in [6.07, 6.45) is 5.64. The van der Waals surface area contributed by atoms with Crippen LogP contribution in [-0.2, 0) is 0 Å². The van der Waals surface area contributed by atoms with E-state index < -0.39 is 0 Å². The number of piperazine rings is 1. The van der Waals surface area contributed by atoms with Gasteiger partial charge in [-0.05, 0) is 18.9 Å². The minimum Gasteiger partial charge on any atom is -0.481 e. The normalized spacial score (nSPS) is 21.8. The average molecular weight is 261 g/mol. The van der Waals surface area contributed by atoms with E-state index in [0.29, 0.717) is 5.88 Å². The monoisotopic (exact) mass is 261 g/mol. The molecule has 1 saturated heterocycles. The van der Waals surface area contributed by atoms with Crippen molar-refractivity contribution in [3.05, 3.63) is 18.2 Å². The van der Waals surface area contributed by atoms with Crippen LogP contribution in [0, 0.1) is 0 Å². The summed E-state index contributed by atoms with van der Waals surface area (Å²) in [6.45, 7) is 4.50. The SMILES string of the molecule is COc1cccc(N2CCN(C3CCCC3)CC2)n1. The molecule has 2 heterocycles. The van der Waals surface area contributed by atoms with Crippen molar-refractivity contribution in [3.8, 4) is 5.88 Å². The smallest absolute Gasteiger partial charge is 0.214 e. The van der Waals surface area contributed by atoms with E-state index in [-0.39, 0.29) is 0 Å². The van der Waals surface area contributed by atoms with Crippen LogP contribution in [0.4, 0.5) is 5.82 Å². The molecule has 0 unspecified atom stereocenters. The lowest BCUT2D eigenvalue weighted by atomic mass is 10.2. The molecule has 0 spiro atoms. The fraction of sp³-hybridized carbons (Fsp3) is 0.667. The molecule has 0 radical (unpaired) electrons. The van der Waals surface area contributed by atoms with Gasteiger partial charge >= 0.3 is 0 Å². The molecule has 1 saturated carbocycles. The third-order valence-electron chi connectivity index (χ3n) is 4.40. The van der Waals surface area contributed by atoms with Crippen LogP contribution in [-0.4, -0.2) is 49.2 Å². The van der Waals surface area contributed by atoms with E-state index >= 15 is 0 Å². The summed E-state index contributed by atoms with van der Waals surface area (Å²) in [4.78, 5) is 9.56. The summed E-state index contributed by atoms with van der Waals surface area (Å²) in [5.74, 6) is 1.75. The summed E-state index contributed by atoms with van der Waals surface area (Å²) in [5, 5.41) is 0. The molecule has 1 aromatic heterocycles. The molecule has 4 nitrogen and oxygen atoms in total. The predicted molar refractivity (Wildman–Crippen MR) is 76.8 cm³/mol. The number of anilines is 1. The number of hydrogen-bond donors (Lipinski definition) is 0. The molecule has 4 heteroatoms. The minimum atomic E-state index is 0.704. The van der Waals surface area contributed by atoms with Crippen molar-refractivity contribution in [2.75, 3.05) is 38.2 Å². The first kappa shape index (κ1) is 12.7. The molecule has 1 aliphatic carbocycles. The van der Waals surface area contributed by atoms with Crippen molar-refractivity contribution in [1.29, 1.82) is 0 Å². The maximum atomic E-state index is 5.20. The highest BCUT2D eigenvalue weighted by Crippen LogP contribution is 2.25. The number of pyridine rings is 1. The third-order valence-corrected chi connectivity index (χ3v) is 4.40. The highest BCUT2D eigenvalue weighted by atomic mass is 16.5. The number of aromatic nitrogens is 1. The van der Waals surface area contributed by atoms with Gasteiger partial charge in [-0.25, -0.2) is 0 Å². The second-order valence-electron chi connectivity index (χ2n) is 5.50. The van der Waals surface area contributed by atoms with Crippen LogP contribution in [0.2, 0.25) is 0 Å². The Labute approximate surface area is 115 Å². The van der Waals surface area contributed by atoms with Crippen molar-refractivity contribution in [2.45, 2.75) is 31.7 Å². The Hall–Kier alpha value is -1.29. The Balaban J connectivity index is 1.59. The summed E-state index contributed by atoms with van der Waals surface area (Å²) in [7, 11) is 1.67. The van der Waals surface area contributed by atoms with Crippen molar-refractivity contribution in [2.24, 2.45) is 0 Å². The molecule has 2 aliphatic rings. The van der Waals surface area contributed by atoms with Gasteiger partial charge in [0.15, 0.2) is 0 Å². The Morgan fingerprint density at radius 3 is 2.53 bits per heavy atom. The quantitative estimate of drug-likeness (QED) is 0.833. The Kier molecular flexibility index (Phi) is 3.87. The first-order chi connectivity index (χ1) is 9.36. The van der Waals surface area contributed by atoms with Gasteiger partial charge in [0.25, 0.3) is 0 Å². The topological polar surface area (TPSA) is 28.6 Å². The van der Waals surface area contributed by atoms with Gasteiger partial charge in [0.2, 0.25) is 5.88 Å². The van der Waals surface area contributed by atoms with Gasteiger partial charge in [-0.3, -0.25) is 4.90 Å². The van der Waals surface area contributed by atoms with Crippen LogP contribution in [0.1, 0.15) is 25.7 Å². The molecule has 0 atom stereocenters. The second-order valence-corrected chi connectivity index (χ2v) is 5.50. The van der Waals surface area contributed by atoms with Crippen LogP contribution in [0.15, 0.2) is 18.2 Å². The van der Waals surface area contributed by atoms with Crippen molar-refractivity contribution in [1.82, 2.24) is 9.88 Å². The average Bonchev–Trinajstić information content (AvgIpc) is 3.02. The highest BCUT2D eigenvalue weighted by molar-refractivity contribution is 5.41. The zero-order valence-electron chi connectivity index (χ0n) is 11.7. The summed E-state index contributed by atoms with van der Waals surface area (Å²) >= 11 is 0. The fourth-order valence-corrected chi connectivity index (χ4v) is 3.28. The molecule has 0 bridgehead atoms. The maximum Gasteiger partial charge on any atom is 0.214 e. The number of nitrogens with zero attached hydrogens (tertiary/aromatic N) is 3. The standard InChI is InChI=1S/C15H23N3O/c1-19-15-8-4-7-14(16-15)18-11-9-17(10-12-18)13-5-2-3-6-13/h4,7-8,13H,2-3,5-6,9-12H2,1H3. The van der Waals surface area contributed by atoms with Crippen LogP contribution in [0.25, 0.3) is 0 Å². The van der Waals surface area contributed by atoms with E-state index in [4.69, 9.17) is 4.74 Å². The van der Waals surface area contributed by atoms with Crippen LogP contribution < -0.4 is 9.64 Å². The first-order valence-corrected chi connectivity index (χ1v) is 7.37. The van der Waals surface area contributed by atoms with Gasteiger partial charge in [-0.15, -0.1) is 0 Å². The van der Waals surface area contributed by atoms with Gasteiger partial charge in [0, 0.05) is 38.3 Å². The maximum absolute atomic E-state index is 5.20. The molecule has 19 heavy (non-hydrogen) atoms. The van der Waals surface area contributed by atoms with E-state index in [2.05, 4.69) is 20.9 Å².